The number of carboxylic acid groups (broad SMARTS) is 1. The number of amides is 1. The lowest BCUT2D eigenvalue weighted by Gasteiger charge is -2.39. The summed E-state index contributed by atoms with van der Waals surface area (Å²) in [4.78, 5) is 22.0. The predicted molar refractivity (Wildman–Crippen MR) is 60.8 cm³/mol. The van der Waals surface area contributed by atoms with Crippen LogP contribution in [0.15, 0.2) is 12.7 Å². The van der Waals surface area contributed by atoms with Gasteiger partial charge in [0, 0.05) is 26.2 Å². The number of carbonyl (C=O) groups excluding carboxylic acids is 1. The molecule has 1 amide bonds. The van der Waals surface area contributed by atoms with Crippen molar-refractivity contribution in [3.63, 3.8) is 0 Å². The van der Waals surface area contributed by atoms with Crippen LogP contribution in [0.3, 0.4) is 0 Å². The van der Waals surface area contributed by atoms with Gasteiger partial charge in [0.1, 0.15) is 12.1 Å². The summed E-state index contributed by atoms with van der Waals surface area (Å²) in [7, 11) is 0. The van der Waals surface area contributed by atoms with Crippen molar-refractivity contribution < 1.29 is 19.4 Å². The molecule has 96 valence electrons. The second-order valence-electron chi connectivity index (χ2n) is 3.73. The van der Waals surface area contributed by atoms with Crippen LogP contribution in [0.1, 0.15) is 0 Å². The van der Waals surface area contributed by atoms with Gasteiger partial charge in [0.15, 0.2) is 0 Å². The van der Waals surface area contributed by atoms with Gasteiger partial charge in [-0.15, -0.1) is 0 Å². The average molecular weight is 243 g/mol. The molecule has 4 N–H and O–H groups in total. The maximum Gasteiger partial charge on any atom is 0.407 e. The van der Waals surface area contributed by atoms with Crippen molar-refractivity contribution in [2.24, 2.45) is 0 Å². The molecule has 0 aliphatic carbocycles. The molecule has 0 aromatic carbocycles. The van der Waals surface area contributed by atoms with E-state index in [1.54, 1.807) is 0 Å². The van der Waals surface area contributed by atoms with Crippen molar-refractivity contribution in [3.05, 3.63) is 12.7 Å². The third-order valence-electron chi connectivity index (χ3n) is 2.45. The molecule has 1 heterocycles. The largest absolute Gasteiger partial charge is 0.480 e. The monoisotopic (exact) mass is 243 g/mol. The van der Waals surface area contributed by atoms with E-state index in [0.717, 1.165) is 0 Å². The Hall–Kier alpha value is -1.60. The van der Waals surface area contributed by atoms with E-state index in [2.05, 4.69) is 27.3 Å². The molecule has 17 heavy (non-hydrogen) atoms. The standard InChI is InChI=1S/C10H17N3O4/c1-2-5-17-9(16)12-3-4-13-10(8(14)15)6-11-7-10/h2,11,13H,1,3-7H2,(H,12,16)(H,14,15). The molecule has 1 saturated heterocycles. The van der Waals surface area contributed by atoms with Gasteiger partial charge < -0.3 is 20.5 Å². The summed E-state index contributed by atoms with van der Waals surface area (Å²) in [6.07, 6.45) is 0.930. The van der Waals surface area contributed by atoms with Crippen LogP contribution >= 0.6 is 0 Å². The zero-order chi connectivity index (χ0) is 12.7. The highest BCUT2D eigenvalue weighted by Gasteiger charge is 2.43. The predicted octanol–water partition coefficient (Wildman–Crippen LogP) is -1.09. The smallest absolute Gasteiger partial charge is 0.407 e. The Morgan fingerprint density at radius 2 is 2.18 bits per heavy atom. The number of rotatable bonds is 7. The quantitative estimate of drug-likeness (QED) is 0.335. The second-order valence-corrected chi connectivity index (χ2v) is 3.73. The summed E-state index contributed by atoms with van der Waals surface area (Å²) in [6.45, 7) is 5.03. The zero-order valence-corrected chi connectivity index (χ0v) is 9.49. The van der Waals surface area contributed by atoms with Gasteiger partial charge in [-0.05, 0) is 0 Å². The van der Waals surface area contributed by atoms with Gasteiger partial charge >= 0.3 is 12.1 Å². The van der Waals surface area contributed by atoms with E-state index in [0.29, 0.717) is 26.2 Å². The maximum atomic E-state index is 11.0. The fourth-order valence-corrected chi connectivity index (χ4v) is 1.38. The normalized spacial score (nSPS) is 16.7. The minimum Gasteiger partial charge on any atom is -0.480 e. The van der Waals surface area contributed by atoms with Gasteiger partial charge in [0.05, 0.1) is 0 Å². The van der Waals surface area contributed by atoms with Gasteiger partial charge in [-0.1, -0.05) is 12.7 Å². The van der Waals surface area contributed by atoms with E-state index >= 15 is 0 Å². The number of carbonyl (C=O) groups is 2. The lowest BCUT2D eigenvalue weighted by molar-refractivity contribution is -0.147. The average Bonchev–Trinajstić information content (AvgIpc) is 2.23. The Kier molecular flexibility index (Phi) is 4.92. The summed E-state index contributed by atoms with van der Waals surface area (Å²) in [5.74, 6) is -0.884. The summed E-state index contributed by atoms with van der Waals surface area (Å²) in [5, 5.41) is 17.3. The molecule has 0 spiro atoms. The zero-order valence-electron chi connectivity index (χ0n) is 9.49. The fourth-order valence-electron chi connectivity index (χ4n) is 1.38. The highest BCUT2D eigenvalue weighted by Crippen LogP contribution is 2.10. The molecular weight excluding hydrogens is 226 g/mol. The maximum absolute atomic E-state index is 11.0. The topological polar surface area (TPSA) is 99.7 Å². The van der Waals surface area contributed by atoms with Gasteiger partial charge in [-0.2, -0.15) is 0 Å². The van der Waals surface area contributed by atoms with Crippen molar-refractivity contribution in [1.29, 1.82) is 0 Å². The first-order chi connectivity index (χ1) is 8.10. The highest BCUT2D eigenvalue weighted by molar-refractivity contribution is 5.81. The van der Waals surface area contributed by atoms with Gasteiger partial charge in [0.25, 0.3) is 0 Å². The van der Waals surface area contributed by atoms with Crippen LogP contribution in [0.25, 0.3) is 0 Å². The molecule has 0 atom stereocenters. The first-order valence-electron chi connectivity index (χ1n) is 5.31. The van der Waals surface area contributed by atoms with Crippen LogP contribution in [0, 0.1) is 0 Å². The number of hydrogen-bond donors (Lipinski definition) is 4. The highest BCUT2D eigenvalue weighted by atomic mass is 16.5. The van der Waals surface area contributed by atoms with Crippen LogP contribution in [-0.4, -0.2) is 55.5 Å². The lowest BCUT2D eigenvalue weighted by Crippen LogP contribution is -2.72. The Bertz CT molecular complexity index is 302. The summed E-state index contributed by atoms with van der Waals surface area (Å²) < 4.78 is 4.69. The van der Waals surface area contributed by atoms with Crippen LogP contribution in [0.2, 0.25) is 0 Å². The minimum atomic E-state index is -0.896. The van der Waals surface area contributed by atoms with Gasteiger partial charge in [-0.25, -0.2) is 4.79 Å². The van der Waals surface area contributed by atoms with E-state index in [-0.39, 0.29) is 6.61 Å². The van der Waals surface area contributed by atoms with Crippen LogP contribution in [-0.2, 0) is 9.53 Å². The third kappa shape index (κ3) is 3.72. The number of ether oxygens (including phenoxy) is 1. The van der Waals surface area contributed by atoms with Crippen molar-refractivity contribution in [2.45, 2.75) is 5.54 Å². The number of carboxylic acids is 1. The van der Waals surface area contributed by atoms with E-state index in [1.165, 1.54) is 6.08 Å². The number of alkyl carbamates (subject to hydrolysis) is 1. The first kappa shape index (κ1) is 13.5. The Balaban J connectivity index is 2.13. The Morgan fingerprint density at radius 1 is 1.47 bits per heavy atom. The molecule has 0 radical (unpaired) electrons. The van der Waals surface area contributed by atoms with Crippen molar-refractivity contribution in [3.8, 4) is 0 Å². The third-order valence-corrected chi connectivity index (χ3v) is 2.45. The van der Waals surface area contributed by atoms with Crippen LogP contribution < -0.4 is 16.0 Å². The minimum absolute atomic E-state index is 0.155. The molecule has 1 aliphatic rings. The van der Waals surface area contributed by atoms with E-state index in [9.17, 15) is 9.59 Å². The number of nitrogens with one attached hydrogen (secondary N) is 3. The first-order valence-corrected chi connectivity index (χ1v) is 5.31. The fraction of sp³-hybridized carbons (Fsp3) is 0.600. The molecule has 0 unspecified atom stereocenters. The second kappa shape index (κ2) is 6.21. The molecule has 1 fully saturated rings. The van der Waals surface area contributed by atoms with E-state index in [4.69, 9.17) is 5.11 Å². The lowest BCUT2D eigenvalue weighted by atomic mass is 9.93. The molecule has 0 aromatic heterocycles. The molecule has 1 aliphatic heterocycles. The summed E-state index contributed by atoms with van der Waals surface area (Å²) in [5.41, 5.74) is -0.896. The molecule has 1 rings (SSSR count). The summed E-state index contributed by atoms with van der Waals surface area (Å²) >= 11 is 0. The number of hydrogen-bond acceptors (Lipinski definition) is 5. The van der Waals surface area contributed by atoms with E-state index < -0.39 is 17.6 Å². The SMILES string of the molecule is C=CCOC(=O)NCCNC1(C(=O)O)CNC1. The van der Waals surface area contributed by atoms with Crippen molar-refractivity contribution >= 4 is 12.1 Å². The van der Waals surface area contributed by atoms with Crippen molar-refractivity contribution in [2.75, 3.05) is 32.8 Å². The van der Waals surface area contributed by atoms with Crippen LogP contribution in [0.4, 0.5) is 4.79 Å². The molecule has 0 bridgehead atoms. The van der Waals surface area contributed by atoms with Gasteiger partial charge in [0.2, 0.25) is 0 Å². The summed E-state index contributed by atoms with van der Waals surface area (Å²) in [6, 6.07) is 0. The molecule has 0 aromatic rings. The molecule has 0 saturated carbocycles. The van der Waals surface area contributed by atoms with Crippen LogP contribution in [0.5, 0.6) is 0 Å². The molecule has 7 heteroatoms. The van der Waals surface area contributed by atoms with Gasteiger partial charge in [-0.3, -0.25) is 10.1 Å². The Morgan fingerprint density at radius 3 is 2.65 bits per heavy atom. The molecule has 7 nitrogen and oxygen atoms in total. The molecular formula is C10H17N3O4. The Labute approximate surface area is 99.2 Å². The van der Waals surface area contributed by atoms with E-state index in [1.807, 2.05) is 0 Å². The van der Waals surface area contributed by atoms with Crippen molar-refractivity contribution in [1.82, 2.24) is 16.0 Å². The number of aliphatic carboxylic acids is 1.